The molecular weight excluding hydrogens is 88.0 g/mol. The highest BCUT2D eigenvalue weighted by Crippen LogP contribution is 1.69. The third-order valence-electron chi connectivity index (χ3n) is 0.105. The summed E-state index contributed by atoms with van der Waals surface area (Å²) in [6.07, 6.45) is 1.05. The molecule has 0 spiro atoms. The van der Waals surface area contributed by atoms with Crippen LogP contribution in [0.4, 0.5) is 0 Å². The first-order chi connectivity index (χ1) is 2.91. The third-order valence-corrected chi connectivity index (χ3v) is 0.105. The molecule has 0 aliphatic rings. The van der Waals surface area contributed by atoms with Crippen LogP contribution in [0.2, 0.25) is 0 Å². The van der Waals surface area contributed by atoms with Crippen molar-refractivity contribution in [3.05, 3.63) is 4.91 Å². The maximum Gasteiger partial charge on any atom is 0.341 e. The normalized spacial score (nSPS) is 5.17. The van der Waals surface area contributed by atoms with Crippen molar-refractivity contribution in [1.29, 1.82) is 5.26 Å². The quantitative estimate of drug-likeness (QED) is 0.158. The second kappa shape index (κ2) is 3.69. The fourth-order valence-corrected chi connectivity index (χ4v) is 0.0319. The lowest BCUT2D eigenvalue weighted by Crippen LogP contribution is -1.71. The molecule has 0 radical (unpaired) electrons. The standard InChI is InChI=1S/CN2O3/c2-1-5-6-3-4. The van der Waals surface area contributed by atoms with Crippen LogP contribution >= 0.6 is 0 Å². The number of hydrogen-bond donors (Lipinski definition) is 0. The van der Waals surface area contributed by atoms with Crippen LogP contribution in [0.25, 0.3) is 0 Å². The lowest BCUT2D eigenvalue weighted by molar-refractivity contribution is -0.241. The second-order valence-electron chi connectivity index (χ2n) is 0.324. The van der Waals surface area contributed by atoms with Crippen molar-refractivity contribution >= 4 is 0 Å². The summed E-state index contributed by atoms with van der Waals surface area (Å²) in [5, 5.41) is 9.13. The fourth-order valence-electron chi connectivity index (χ4n) is 0.0319. The topological polar surface area (TPSA) is 71.7 Å². The van der Waals surface area contributed by atoms with Crippen LogP contribution in [0.3, 0.4) is 0 Å². The highest BCUT2D eigenvalue weighted by atomic mass is 17.3. The van der Waals surface area contributed by atoms with Gasteiger partial charge in [0, 0.05) is 0 Å². The maximum absolute atomic E-state index is 8.82. The summed E-state index contributed by atoms with van der Waals surface area (Å²) in [6.45, 7) is 0. The number of hydrogen-bond acceptors (Lipinski definition) is 5. The smallest absolute Gasteiger partial charge is 0.180 e. The van der Waals surface area contributed by atoms with Crippen LogP contribution in [-0.4, -0.2) is 0 Å². The average molecular weight is 88.0 g/mol. The van der Waals surface area contributed by atoms with Gasteiger partial charge in [0.15, 0.2) is 0 Å². The molecule has 0 aliphatic heterocycles. The molecule has 0 N–H and O–H groups in total. The molecule has 5 heteroatoms. The van der Waals surface area contributed by atoms with Crippen molar-refractivity contribution < 1.29 is 9.88 Å². The van der Waals surface area contributed by atoms with Crippen LogP contribution < -0.4 is 0 Å². The Kier molecular flexibility index (Phi) is 2.88. The predicted octanol–water partition coefficient (Wildman–Crippen LogP) is 0.0971. The largest absolute Gasteiger partial charge is 0.341 e. The zero-order chi connectivity index (χ0) is 4.83. The summed E-state index contributed by atoms with van der Waals surface area (Å²) in [5.41, 5.74) is 0. The van der Waals surface area contributed by atoms with Gasteiger partial charge in [0.2, 0.25) is 5.34 Å². The van der Waals surface area contributed by atoms with E-state index in [2.05, 4.69) is 9.88 Å². The number of nitrogens with zero attached hydrogens (tertiary/aromatic N) is 2. The molecule has 0 aromatic heterocycles. The molecule has 5 nitrogen and oxygen atoms in total. The van der Waals surface area contributed by atoms with E-state index in [1.165, 1.54) is 0 Å². The Labute approximate surface area is 32.9 Å². The zero-order valence-electron chi connectivity index (χ0n) is 2.62. The van der Waals surface area contributed by atoms with Crippen LogP contribution in [0, 0.1) is 16.4 Å². The monoisotopic (exact) mass is 88.0 g/mol. The van der Waals surface area contributed by atoms with Gasteiger partial charge in [-0.25, -0.2) is 0 Å². The van der Waals surface area contributed by atoms with Crippen LogP contribution in [0.15, 0.2) is 5.34 Å². The van der Waals surface area contributed by atoms with E-state index < -0.39 is 0 Å². The molecule has 32 valence electrons. The van der Waals surface area contributed by atoms with Crippen molar-refractivity contribution in [3.8, 4) is 6.26 Å². The molecule has 0 aromatic carbocycles. The fraction of sp³-hybridized carbons (Fsp3) is 0. The van der Waals surface area contributed by atoms with Crippen LogP contribution in [-0.2, 0) is 9.88 Å². The van der Waals surface area contributed by atoms with Gasteiger partial charge in [-0.05, 0) is 0 Å². The highest BCUT2D eigenvalue weighted by molar-refractivity contribution is 4.36. The molecule has 0 saturated carbocycles. The Morgan fingerprint density at radius 1 is 1.83 bits per heavy atom. The minimum absolute atomic E-state index is 1.05. The summed E-state index contributed by atoms with van der Waals surface area (Å²) in [7, 11) is 0. The Hall–Kier alpha value is -1.31. The van der Waals surface area contributed by atoms with Crippen molar-refractivity contribution in [2.75, 3.05) is 0 Å². The minimum atomic E-state index is 1.05. The molecular formula is CN2O3. The Morgan fingerprint density at radius 2 is 2.50 bits per heavy atom. The van der Waals surface area contributed by atoms with Crippen molar-refractivity contribution in [1.82, 2.24) is 0 Å². The second-order valence-corrected chi connectivity index (χ2v) is 0.324. The lowest BCUT2D eigenvalue weighted by atomic mass is 11.6. The van der Waals surface area contributed by atoms with Gasteiger partial charge in [-0.3, -0.25) is 0 Å². The summed E-state index contributed by atoms with van der Waals surface area (Å²) in [4.78, 5) is 15.3. The number of nitriles is 1. The van der Waals surface area contributed by atoms with Crippen LogP contribution in [0.5, 0.6) is 0 Å². The highest BCUT2D eigenvalue weighted by Gasteiger charge is 1.69. The van der Waals surface area contributed by atoms with E-state index in [4.69, 9.17) is 10.2 Å². The third kappa shape index (κ3) is 2.69. The van der Waals surface area contributed by atoms with Gasteiger partial charge in [-0.15, -0.1) is 15.2 Å². The first kappa shape index (κ1) is 4.69. The van der Waals surface area contributed by atoms with Gasteiger partial charge in [0.05, 0.1) is 0 Å². The molecule has 6 heavy (non-hydrogen) atoms. The maximum atomic E-state index is 8.82. The zero-order valence-corrected chi connectivity index (χ0v) is 2.62. The molecule has 0 fully saturated rings. The van der Waals surface area contributed by atoms with Gasteiger partial charge < -0.3 is 0 Å². The lowest BCUT2D eigenvalue weighted by Gasteiger charge is -1.73. The molecule has 0 unspecified atom stereocenters. The minimum Gasteiger partial charge on any atom is -0.180 e. The van der Waals surface area contributed by atoms with Crippen molar-refractivity contribution in [2.45, 2.75) is 0 Å². The molecule has 0 aliphatic carbocycles. The first-order valence-electron chi connectivity index (χ1n) is 0.960. The molecule has 0 rings (SSSR count). The Bertz CT molecular complexity index is 73.4. The van der Waals surface area contributed by atoms with Gasteiger partial charge in [0.1, 0.15) is 0 Å². The van der Waals surface area contributed by atoms with Crippen LogP contribution in [0.1, 0.15) is 0 Å². The first-order valence-corrected chi connectivity index (χ1v) is 0.960. The molecule has 0 heterocycles. The summed E-state index contributed by atoms with van der Waals surface area (Å²) >= 11 is 0. The Morgan fingerprint density at radius 3 is 2.67 bits per heavy atom. The summed E-state index contributed by atoms with van der Waals surface area (Å²) in [5.74, 6) is 0. The van der Waals surface area contributed by atoms with E-state index in [0.29, 0.717) is 0 Å². The molecule has 0 saturated heterocycles. The average Bonchev–Trinajstić information content (AvgIpc) is 1.61. The van der Waals surface area contributed by atoms with Gasteiger partial charge >= 0.3 is 6.26 Å². The van der Waals surface area contributed by atoms with E-state index in [1.807, 2.05) is 0 Å². The van der Waals surface area contributed by atoms with Crippen molar-refractivity contribution in [2.24, 2.45) is 5.34 Å². The van der Waals surface area contributed by atoms with E-state index >= 15 is 0 Å². The van der Waals surface area contributed by atoms with E-state index in [-0.39, 0.29) is 0 Å². The van der Waals surface area contributed by atoms with Gasteiger partial charge in [-0.1, -0.05) is 0 Å². The van der Waals surface area contributed by atoms with Gasteiger partial charge in [-0.2, -0.15) is 4.89 Å². The summed E-state index contributed by atoms with van der Waals surface area (Å²) < 4.78 is 0. The molecule has 0 bridgehead atoms. The molecule has 0 amide bonds. The number of rotatable bonds is 2. The van der Waals surface area contributed by atoms with Crippen molar-refractivity contribution in [3.63, 3.8) is 0 Å². The predicted molar refractivity (Wildman–Crippen MR) is 13.6 cm³/mol. The SMILES string of the molecule is N#COON=O. The van der Waals surface area contributed by atoms with Gasteiger partial charge in [0.25, 0.3) is 0 Å². The van der Waals surface area contributed by atoms with E-state index in [1.54, 1.807) is 5.34 Å². The summed E-state index contributed by atoms with van der Waals surface area (Å²) in [6, 6.07) is 0. The molecule has 0 atom stereocenters. The Balaban J connectivity index is 2.72. The van der Waals surface area contributed by atoms with E-state index in [9.17, 15) is 0 Å². The van der Waals surface area contributed by atoms with E-state index in [0.717, 1.165) is 6.26 Å². The molecule has 0 aromatic rings.